The Balaban J connectivity index is 1.98. The number of nitrogens with one attached hydrogen (secondary N) is 1. The second-order valence-electron chi connectivity index (χ2n) is 4.92. The largest absolute Gasteiger partial charge is 0.310 e. The molecule has 0 spiro atoms. The van der Waals surface area contributed by atoms with Gasteiger partial charge < -0.3 is 5.32 Å². The van der Waals surface area contributed by atoms with Crippen LogP contribution in [0.15, 0.2) is 29.2 Å². The van der Waals surface area contributed by atoms with Crippen LogP contribution >= 0.6 is 11.8 Å². The summed E-state index contributed by atoms with van der Waals surface area (Å²) in [5.41, 5.74) is 0.799. The number of thioether (sulfide) groups is 1. The van der Waals surface area contributed by atoms with Gasteiger partial charge in [0.2, 0.25) is 0 Å². The molecular weight excluding hydrogens is 242 g/mol. The third kappa shape index (κ3) is 3.36. The minimum atomic E-state index is -0.113. The van der Waals surface area contributed by atoms with E-state index in [1.165, 1.54) is 30.6 Å². The summed E-state index contributed by atoms with van der Waals surface area (Å²) in [6.45, 7) is 1.89. The van der Waals surface area contributed by atoms with Gasteiger partial charge in [0.1, 0.15) is 0 Å². The van der Waals surface area contributed by atoms with Crippen LogP contribution in [0.5, 0.6) is 0 Å². The van der Waals surface area contributed by atoms with E-state index >= 15 is 0 Å². The molecule has 0 saturated heterocycles. The molecule has 1 fully saturated rings. The fourth-order valence-corrected chi connectivity index (χ4v) is 3.52. The van der Waals surface area contributed by atoms with Crippen LogP contribution in [-0.2, 0) is 0 Å². The molecule has 1 unspecified atom stereocenters. The number of ketones is 1. The third-order valence-corrected chi connectivity index (χ3v) is 4.92. The third-order valence-electron chi connectivity index (χ3n) is 3.57. The van der Waals surface area contributed by atoms with Crippen LogP contribution in [0.1, 0.15) is 43.0 Å². The number of rotatable bonds is 5. The van der Waals surface area contributed by atoms with Crippen molar-refractivity contribution in [1.29, 1.82) is 0 Å². The van der Waals surface area contributed by atoms with E-state index in [0.29, 0.717) is 0 Å². The van der Waals surface area contributed by atoms with Crippen LogP contribution in [-0.4, -0.2) is 24.1 Å². The summed E-state index contributed by atoms with van der Waals surface area (Å²) in [5.74, 6) is 0.162. The Morgan fingerprint density at radius 3 is 2.44 bits per heavy atom. The second-order valence-corrected chi connectivity index (χ2v) is 6.30. The Hall–Kier alpha value is -0.800. The maximum atomic E-state index is 12.0. The lowest BCUT2D eigenvalue weighted by Crippen LogP contribution is -2.30. The predicted molar refractivity (Wildman–Crippen MR) is 77.4 cm³/mol. The molecule has 0 radical (unpaired) electrons. The normalized spacial score (nSPS) is 17.9. The lowest BCUT2D eigenvalue weighted by molar-refractivity contribution is 0.0955. The van der Waals surface area contributed by atoms with Crippen molar-refractivity contribution in [3.05, 3.63) is 29.8 Å². The molecule has 2 nitrogen and oxygen atoms in total. The lowest BCUT2D eigenvalue weighted by Gasteiger charge is -2.11. The average Bonchev–Trinajstić information content (AvgIpc) is 2.91. The van der Waals surface area contributed by atoms with Gasteiger partial charge in [0.15, 0.2) is 5.78 Å². The molecule has 98 valence electrons. The van der Waals surface area contributed by atoms with Crippen molar-refractivity contribution in [3.8, 4) is 0 Å². The van der Waals surface area contributed by atoms with Gasteiger partial charge in [-0.25, -0.2) is 0 Å². The fourth-order valence-electron chi connectivity index (χ4n) is 2.28. The average molecular weight is 263 g/mol. The molecule has 0 amide bonds. The molecular formula is C15H21NOS. The van der Waals surface area contributed by atoms with Crippen molar-refractivity contribution < 1.29 is 4.79 Å². The summed E-state index contributed by atoms with van der Waals surface area (Å²) in [5, 5.41) is 3.76. The molecule has 3 heteroatoms. The number of hydrogen-bond acceptors (Lipinski definition) is 3. The first-order chi connectivity index (χ1) is 8.70. The Morgan fingerprint density at radius 1 is 1.28 bits per heavy atom. The zero-order valence-electron chi connectivity index (χ0n) is 11.1. The first-order valence-corrected chi connectivity index (χ1v) is 7.57. The molecule has 1 N–H and O–H groups in total. The van der Waals surface area contributed by atoms with E-state index < -0.39 is 0 Å². The van der Waals surface area contributed by atoms with E-state index in [1.54, 1.807) is 0 Å². The fraction of sp³-hybridized carbons (Fsp3) is 0.533. The van der Waals surface area contributed by atoms with Gasteiger partial charge in [-0.05, 0) is 38.9 Å². The van der Waals surface area contributed by atoms with E-state index in [-0.39, 0.29) is 11.8 Å². The lowest BCUT2D eigenvalue weighted by atomic mass is 10.1. The van der Waals surface area contributed by atoms with Crippen molar-refractivity contribution in [2.75, 3.05) is 7.05 Å². The maximum absolute atomic E-state index is 12.0. The summed E-state index contributed by atoms with van der Waals surface area (Å²) >= 11 is 1.96. The highest BCUT2D eigenvalue weighted by Crippen LogP contribution is 2.34. The maximum Gasteiger partial charge on any atom is 0.179 e. The quantitative estimate of drug-likeness (QED) is 0.824. The summed E-state index contributed by atoms with van der Waals surface area (Å²) in [4.78, 5) is 13.2. The van der Waals surface area contributed by atoms with Crippen molar-refractivity contribution in [2.45, 2.75) is 48.8 Å². The van der Waals surface area contributed by atoms with Crippen LogP contribution in [0.3, 0.4) is 0 Å². The van der Waals surface area contributed by atoms with Crippen molar-refractivity contribution >= 4 is 17.5 Å². The molecule has 0 aromatic heterocycles. The van der Waals surface area contributed by atoms with Gasteiger partial charge in [0.05, 0.1) is 6.04 Å². The van der Waals surface area contributed by atoms with Gasteiger partial charge in [-0.15, -0.1) is 11.8 Å². The van der Waals surface area contributed by atoms with E-state index in [9.17, 15) is 4.79 Å². The van der Waals surface area contributed by atoms with Gasteiger partial charge in [-0.1, -0.05) is 25.0 Å². The zero-order chi connectivity index (χ0) is 13.0. The van der Waals surface area contributed by atoms with Crippen molar-refractivity contribution in [3.63, 3.8) is 0 Å². The number of benzene rings is 1. The van der Waals surface area contributed by atoms with Crippen LogP contribution < -0.4 is 5.32 Å². The van der Waals surface area contributed by atoms with E-state index in [1.807, 2.05) is 37.9 Å². The number of hydrogen-bond donors (Lipinski definition) is 1. The van der Waals surface area contributed by atoms with Crippen LogP contribution in [0, 0.1) is 0 Å². The Bertz CT molecular complexity index is 395. The number of likely N-dealkylation sites (N-methyl/N-ethyl adjacent to an activating group) is 1. The van der Waals surface area contributed by atoms with Crippen molar-refractivity contribution in [1.82, 2.24) is 5.32 Å². The Labute approximate surface area is 114 Å². The number of carbonyl (C=O) groups is 1. The topological polar surface area (TPSA) is 29.1 Å². The zero-order valence-corrected chi connectivity index (χ0v) is 11.9. The highest BCUT2D eigenvalue weighted by molar-refractivity contribution is 8.00. The predicted octanol–water partition coefficient (Wildman–Crippen LogP) is 3.51. The Kier molecular flexibility index (Phi) is 4.84. The summed E-state index contributed by atoms with van der Waals surface area (Å²) in [6.07, 6.45) is 5.41. The van der Waals surface area contributed by atoms with E-state index in [2.05, 4.69) is 17.4 Å². The number of carbonyl (C=O) groups excluding carboxylic acids is 1. The van der Waals surface area contributed by atoms with Crippen LogP contribution in [0.4, 0.5) is 0 Å². The summed E-state index contributed by atoms with van der Waals surface area (Å²) in [6, 6.07) is 7.95. The molecule has 2 rings (SSSR count). The Morgan fingerprint density at radius 2 is 1.89 bits per heavy atom. The smallest absolute Gasteiger partial charge is 0.179 e. The molecule has 0 aliphatic heterocycles. The van der Waals surface area contributed by atoms with Gasteiger partial charge in [-0.2, -0.15) is 0 Å². The van der Waals surface area contributed by atoms with Gasteiger partial charge >= 0.3 is 0 Å². The first-order valence-electron chi connectivity index (χ1n) is 6.69. The second kappa shape index (κ2) is 6.39. The minimum absolute atomic E-state index is 0.113. The van der Waals surface area contributed by atoms with E-state index in [4.69, 9.17) is 0 Å². The first kappa shape index (κ1) is 13.6. The molecule has 0 heterocycles. The highest BCUT2D eigenvalue weighted by atomic mass is 32.2. The molecule has 1 aliphatic carbocycles. The molecule has 18 heavy (non-hydrogen) atoms. The number of Topliss-reactive ketones (excluding diaryl/α,β-unsaturated/α-hetero) is 1. The molecule has 1 aliphatic rings. The summed E-state index contributed by atoms with van der Waals surface area (Å²) in [7, 11) is 1.81. The van der Waals surface area contributed by atoms with Crippen LogP contribution in [0.25, 0.3) is 0 Å². The molecule has 1 saturated carbocycles. The van der Waals surface area contributed by atoms with Gasteiger partial charge in [0, 0.05) is 15.7 Å². The standard InChI is InChI=1S/C15H21NOS/c1-11(16-2)15(17)12-7-9-14(10-8-12)18-13-5-3-4-6-13/h7-11,13,16H,3-6H2,1-2H3. The SMILES string of the molecule is CNC(C)C(=O)c1ccc(SC2CCCC2)cc1. The molecule has 1 atom stereocenters. The monoisotopic (exact) mass is 263 g/mol. The van der Waals surface area contributed by atoms with Crippen LogP contribution in [0.2, 0.25) is 0 Å². The molecule has 1 aromatic rings. The van der Waals surface area contributed by atoms with E-state index in [0.717, 1.165) is 10.8 Å². The molecule has 1 aromatic carbocycles. The highest BCUT2D eigenvalue weighted by Gasteiger charge is 2.17. The summed E-state index contributed by atoms with van der Waals surface area (Å²) < 4.78 is 0. The van der Waals surface area contributed by atoms with Gasteiger partial charge in [0.25, 0.3) is 0 Å². The minimum Gasteiger partial charge on any atom is -0.310 e. The van der Waals surface area contributed by atoms with Crippen molar-refractivity contribution in [2.24, 2.45) is 0 Å². The van der Waals surface area contributed by atoms with Gasteiger partial charge in [-0.3, -0.25) is 4.79 Å². The molecule has 0 bridgehead atoms.